The molecule has 0 aliphatic rings. The third-order valence-corrected chi connectivity index (χ3v) is 4.64. The van der Waals surface area contributed by atoms with Crippen molar-refractivity contribution >= 4 is 45.6 Å². The van der Waals surface area contributed by atoms with Crippen LogP contribution in [0.3, 0.4) is 0 Å². The minimum Gasteiger partial charge on any atom is -0.461 e. The molecule has 3 aromatic rings. The van der Waals surface area contributed by atoms with Crippen LogP contribution >= 0.6 is 23.2 Å². The van der Waals surface area contributed by atoms with Gasteiger partial charge in [0.1, 0.15) is 16.7 Å². The van der Waals surface area contributed by atoms with Crippen molar-refractivity contribution < 1.29 is 18.7 Å². The van der Waals surface area contributed by atoms with E-state index in [0.717, 1.165) is 16.3 Å². The number of carbonyl (C=O) groups excluding carboxylic acids is 1. The number of halogens is 3. The summed E-state index contributed by atoms with van der Waals surface area (Å²) in [5, 5.41) is 1.45. The lowest BCUT2D eigenvalue weighted by atomic mass is 10.1. The van der Waals surface area contributed by atoms with Gasteiger partial charge in [0.2, 0.25) is 11.8 Å². The van der Waals surface area contributed by atoms with E-state index in [0.29, 0.717) is 0 Å². The molecule has 0 fully saturated rings. The van der Waals surface area contributed by atoms with Crippen LogP contribution in [0, 0.1) is 5.95 Å². The first-order valence-corrected chi connectivity index (χ1v) is 8.74. The van der Waals surface area contributed by atoms with Gasteiger partial charge in [0.25, 0.3) is 0 Å². The van der Waals surface area contributed by atoms with E-state index in [1.807, 2.05) is 42.5 Å². The molecule has 27 heavy (non-hydrogen) atoms. The zero-order chi connectivity index (χ0) is 19.6. The van der Waals surface area contributed by atoms with E-state index in [9.17, 15) is 9.18 Å². The first kappa shape index (κ1) is 19.2. The summed E-state index contributed by atoms with van der Waals surface area (Å²) in [6, 6.07) is 13.5. The number of hydrogen-bond donors (Lipinski definition) is 1. The highest BCUT2D eigenvalue weighted by Crippen LogP contribution is 2.35. The molecule has 0 amide bonds. The van der Waals surface area contributed by atoms with Gasteiger partial charge in [-0.3, -0.25) is 0 Å². The van der Waals surface area contributed by atoms with Crippen molar-refractivity contribution in [1.82, 2.24) is 4.98 Å². The number of benzene rings is 2. The number of rotatable bonds is 5. The molecule has 5 nitrogen and oxygen atoms in total. The molecule has 0 unspecified atom stereocenters. The van der Waals surface area contributed by atoms with Gasteiger partial charge in [-0.05, 0) is 23.3 Å². The molecule has 2 aromatic carbocycles. The lowest BCUT2D eigenvalue weighted by Crippen LogP contribution is -2.26. The van der Waals surface area contributed by atoms with Crippen molar-refractivity contribution in [2.45, 2.75) is 19.6 Å². The maximum Gasteiger partial charge on any atom is 0.347 e. The molecular formula is C19H15Cl2FN2O3. The summed E-state index contributed by atoms with van der Waals surface area (Å²) >= 11 is 11.6. The van der Waals surface area contributed by atoms with Crippen molar-refractivity contribution in [2.75, 3.05) is 5.73 Å². The first-order chi connectivity index (χ1) is 12.9. The van der Waals surface area contributed by atoms with Gasteiger partial charge in [-0.15, -0.1) is 0 Å². The average Bonchev–Trinajstić information content (AvgIpc) is 2.68. The third-order valence-electron chi connectivity index (χ3n) is 3.91. The standard InChI is InChI=1S/C19H15Cl2FN2O3/c1-10(27-18-15(21)16(23)14(20)17(22)24-18)19(25)26-9-12-7-4-6-11-5-2-3-8-13(11)12/h2-8,10H,9H2,1H3,(H2,23,24)/t10-/m1/s1. The Morgan fingerprint density at radius 1 is 1.19 bits per heavy atom. The van der Waals surface area contributed by atoms with Gasteiger partial charge in [-0.1, -0.05) is 65.7 Å². The van der Waals surface area contributed by atoms with Crippen LogP contribution < -0.4 is 10.5 Å². The highest BCUT2D eigenvalue weighted by Gasteiger charge is 2.22. The Morgan fingerprint density at radius 2 is 1.89 bits per heavy atom. The highest BCUT2D eigenvalue weighted by molar-refractivity contribution is 6.39. The maximum absolute atomic E-state index is 13.6. The van der Waals surface area contributed by atoms with Crippen LogP contribution in [0.2, 0.25) is 10.0 Å². The molecule has 0 aliphatic heterocycles. The minimum absolute atomic E-state index is 0.0617. The zero-order valence-electron chi connectivity index (χ0n) is 14.2. The quantitative estimate of drug-likeness (QED) is 0.485. The van der Waals surface area contributed by atoms with Crippen LogP contribution in [0.4, 0.5) is 10.1 Å². The Bertz CT molecular complexity index is 1010. The molecule has 0 spiro atoms. The number of nitrogen functional groups attached to an aromatic ring is 1. The fourth-order valence-corrected chi connectivity index (χ4v) is 2.85. The van der Waals surface area contributed by atoms with Gasteiger partial charge in [0.05, 0.1) is 5.69 Å². The number of aromatic nitrogens is 1. The lowest BCUT2D eigenvalue weighted by molar-refractivity contribution is -0.152. The minimum atomic E-state index is -1.08. The fraction of sp³-hybridized carbons (Fsp3) is 0.158. The van der Waals surface area contributed by atoms with E-state index in [1.165, 1.54) is 6.92 Å². The van der Waals surface area contributed by atoms with Gasteiger partial charge in [0, 0.05) is 0 Å². The smallest absolute Gasteiger partial charge is 0.347 e. The number of pyridine rings is 1. The number of anilines is 1. The molecule has 3 rings (SSSR count). The van der Waals surface area contributed by atoms with Crippen molar-refractivity contribution in [3.8, 4) is 5.88 Å². The molecule has 1 heterocycles. The van der Waals surface area contributed by atoms with E-state index >= 15 is 0 Å². The largest absolute Gasteiger partial charge is 0.461 e. The maximum atomic E-state index is 13.6. The predicted octanol–water partition coefficient (Wildman–Crippen LogP) is 4.77. The molecule has 140 valence electrons. The van der Waals surface area contributed by atoms with E-state index < -0.39 is 23.0 Å². The van der Waals surface area contributed by atoms with Crippen LogP contribution in [0.15, 0.2) is 42.5 Å². The number of nitrogens with zero attached hydrogens (tertiary/aromatic N) is 1. The van der Waals surface area contributed by atoms with Crippen LogP contribution in [-0.2, 0) is 16.1 Å². The molecule has 0 radical (unpaired) electrons. The van der Waals surface area contributed by atoms with Crippen LogP contribution in [0.25, 0.3) is 10.8 Å². The fourth-order valence-electron chi connectivity index (χ4n) is 2.49. The predicted molar refractivity (Wildman–Crippen MR) is 102 cm³/mol. The summed E-state index contributed by atoms with van der Waals surface area (Å²) in [6.45, 7) is 1.50. The lowest BCUT2D eigenvalue weighted by Gasteiger charge is -2.16. The number of hydrogen-bond acceptors (Lipinski definition) is 5. The van der Waals surface area contributed by atoms with E-state index in [2.05, 4.69) is 4.98 Å². The summed E-state index contributed by atoms with van der Waals surface area (Å²) in [5.41, 5.74) is 6.23. The Labute approximate surface area is 164 Å². The Hall–Kier alpha value is -2.57. The first-order valence-electron chi connectivity index (χ1n) is 7.98. The SMILES string of the molecule is C[C@@H](Oc1nc(F)c(Cl)c(N)c1Cl)C(=O)OCc1cccc2ccccc12. The Morgan fingerprint density at radius 3 is 2.67 bits per heavy atom. The van der Waals surface area contributed by atoms with E-state index in [1.54, 1.807) is 0 Å². The average molecular weight is 409 g/mol. The highest BCUT2D eigenvalue weighted by atomic mass is 35.5. The van der Waals surface area contributed by atoms with Crippen molar-refractivity contribution in [1.29, 1.82) is 0 Å². The normalized spacial score (nSPS) is 12.0. The second-order valence-electron chi connectivity index (χ2n) is 5.76. The van der Waals surface area contributed by atoms with Crippen molar-refractivity contribution in [3.05, 3.63) is 64.0 Å². The van der Waals surface area contributed by atoms with Gasteiger partial charge in [-0.2, -0.15) is 9.37 Å². The van der Waals surface area contributed by atoms with Crippen LogP contribution in [0.1, 0.15) is 12.5 Å². The molecule has 0 bridgehead atoms. The number of ether oxygens (including phenoxy) is 2. The number of fused-ring (bicyclic) bond motifs is 1. The zero-order valence-corrected chi connectivity index (χ0v) is 15.7. The second-order valence-corrected chi connectivity index (χ2v) is 6.51. The summed E-state index contributed by atoms with van der Waals surface area (Å²) < 4.78 is 24.2. The van der Waals surface area contributed by atoms with E-state index in [4.69, 9.17) is 38.4 Å². The van der Waals surface area contributed by atoms with Crippen molar-refractivity contribution in [2.24, 2.45) is 0 Å². The second kappa shape index (κ2) is 7.98. The van der Waals surface area contributed by atoms with Gasteiger partial charge in [-0.25, -0.2) is 4.79 Å². The topological polar surface area (TPSA) is 74.4 Å². The summed E-state index contributed by atoms with van der Waals surface area (Å²) in [6.07, 6.45) is -1.08. The molecule has 0 aliphatic carbocycles. The van der Waals surface area contributed by atoms with Gasteiger partial charge in [0.15, 0.2) is 6.10 Å². The molecular weight excluding hydrogens is 394 g/mol. The van der Waals surface area contributed by atoms with Gasteiger partial charge >= 0.3 is 5.97 Å². The number of esters is 1. The monoisotopic (exact) mass is 408 g/mol. The molecule has 0 saturated heterocycles. The van der Waals surface area contributed by atoms with Crippen LogP contribution in [0.5, 0.6) is 5.88 Å². The molecule has 8 heteroatoms. The summed E-state index contributed by atoms with van der Waals surface area (Å²) in [7, 11) is 0. The summed E-state index contributed by atoms with van der Waals surface area (Å²) in [4.78, 5) is 15.7. The van der Waals surface area contributed by atoms with Gasteiger partial charge < -0.3 is 15.2 Å². The molecule has 0 saturated carbocycles. The molecule has 1 atom stereocenters. The van der Waals surface area contributed by atoms with Crippen LogP contribution in [-0.4, -0.2) is 17.1 Å². The number of nitrogens with two attached hydrogens (primary N) is 1. The van der Waals surface area contributed by atoms with Crippen molar-refractivity contribution in [3.63, 3.8) is 0 Å². The third kappa shape index (κ3) is 4.07. The molecule has 1 aromatic heterocycles. The Kier molecular flexibility index (Phi) is 5.68. The van der Waals surface area contributed by atoms with E-state index in [-0.39, 0.29) is 23.2 Å². The number of carbonyl (C=O) groups is 1. The summed E-state index contributed by atoms with van der Waals surface area (Å²) in [5.74, 6) is -2.02. The molecule has 2 N–H and O–H groups in total. The Balaban J connectivity index is 1.70.